The van der Waals surface area contributed by atoms with Gasteiger partial charge in [0.2, 0.25) is 0 Å². The lowest BCUT2D eigenvalue weighted by molar-refractivity contribution is -0.135. The largest absolute Gasteiger partial charge is 0.389 e. The van der Waals surface area contributed by atoms with Crippen molar-refractivity contribution in [2.75, 3.05) is 0 Å². The summed E-state index contributed by atoms with van der Waals surface area (Å²) in [4.78, 5) is 0. The first-order valence-corrected chi connectivity index (χ1v) is 7.78. The number of halogens is 3. The summed E-state index contributed by atoms with van der Waals surface area (Å²) in [5.74, 6) is 0. The molecule has 0 N–H and O–H groups in total. The Balaban J connectivity index is 3.12. The highest BCUT2D eigenvalue weighted by Crippen LogP contribution is 2.23. The van der Waals surface area contributed by atoms with Crippen LogP contribution < -0.4 is 0 Å². The van der Waals surface area contributed by atoms with Crippen molar-refractivity contribution in [3.05, 3.63) is 12.2 Å². The van der Waals surface area contributed by atoms with E-state index in [1.165, 1.54) is 32.1 Å². The summed E-state index contributed by atoms with van der Waals surface area (Å²) in [7, 11) is 0. The summed E-state index contributed by atoms with van der Waals surface area (Å²) < 4.78 is 35.6. The fourth-order valence-electron chi connectivity index (χ4n) is 2.04. The van der Waals surface area contributed by atoms with Gasteiger partial charge in [-0.2, -0.15) is 13.2 Å². The third kappa shape index (κ3) is 17.5. The molecule has 114 valence electrons. The molecule has 0 spiro atoms. The van der Waals surface area contributed by atoms with Crippen molar-refractivity contribution >= 4 is 0 Å². The number of unbranched alkanes of at least 4 members (excludes halogenated alkanes) is 9. The highest BCUT2D eigenvalue weighted by Gasteiger charge is 2.25. The van der Waals surface area contributed by atoms with Crippen LogP contribution in [-0.2, 0) is 0 Å². The minimum Gasteiger partial charge on any atom is -0.171 e. The van der Waals surface area contributed by atoms with Crippen molar-refractivity contribution in [3.63, 3.8) is 0 Å². The molecule has 0 heterocycles. The van der Waals surface area contributed by atoms with E-state index < -0.39 is 12.6 Å². The molecule has 0 saturated heterocycles. The van der Waals surface area contributed by atoms with E-state index in [-0.39, 0.29) is 6.42 Å². The standard InChI is InChI=1S/C16H29F3/c1-2-3-4-5-6-7-8-9-10-11-12-13-14-15-16(17,18)19/h7-8H,2-6,9-15H2,1H3/b8-7+. The fraction of sp³-hybridized carbons (Fsp3) is 0.875. The average molecular weight is 278 g/mol. The van der Waals surface area contributed by atoms with Crippen molar-refractivity contribution in [1.29, 1.82) is 0 Å². The molecule has 0 aromatic carbocycles. The third-order valence-electron chi connectivity index (χ3n) is 3.22. The minimum absolute atomic E-state index is 0.288. The van der Waals surface area contributed by atoms with E-state index in [1.807, 2.05) is 0 Å². The Kier molecular flexibility index (Phi) is 12.2. The number of hydrogen-bond donors (Lipinski definition) is 0. The summed E-state index contributed by atoms with van der Waals surface area (Å²) in [6.07, 6.45) is 11.4. The van der Waals surface area contributed by atoms with Crippen molar-refractivity contribution in [1.82, 2.24) is 0 Å². The van der Waals surface area contributed by atoms with Crippen LogP contribution in [0.15, 0.2) is 12.2 Å². The van der Waals surface area contributed by atoms with Crippen LogP contribution in [0, 0.1) is 0 Å². The van der Waals surface area contributed by atoms with Crippen molar-refractivity contribution < 1.29 is 13.2 Å². The van der Waals surface area contributed by atoms with Gasteiger partial charge >= 0.3 is 6.18 Å². The molecule has 0 unspecified atom stereocenters. The van der Waals surface area contributed by atoms with Crippen LogP contribution in [0.4, 0.5) is 13.2 Å². The zero-order chi connectivity index (χ0) is 14.4. The maximum atomic E-state index is 11.9. The van der Waals surface area contributed by atoms with Crippen molar-refractivity contribution in [2.24, 2.45) is 0 Å². The Labute approximate surface area is 116 Å². The Morgan fingerprint density at radius 2 is 1.16 bits per heavy atom. The lowest BCUT2D eigenvalue weighted by Gasteiger charge is -2.05. The van der Waals surface area contributed by atoms with Gasteiger partial charge in [0, 0.05) is 6.42 Å². The molecule has 0 saturated carbocycles. The zero-order valence-electron chi connectivity index (χ0n) is 12.3. The molecule has 0 bridgehead atoms. The molecular formula is C16H29F3. The van der Waals surface area contributed by atoms with Crippen LogP contribution in [0.2, 0.25) is 0 Å². The zero-order valence-corrected chi connectivity index (χ0v) is 12.3. The molecule has 0 aromatic heterocycles. The van der Waals surface area contributed by atoms with Gasteiger partial charge in [-0.1, -0.05) is 57.6 Å². The van der Waals surface area contributed by atoms with Gasteiger partial charge in [-0.25, -0.2) is 0 Å². The van der Waals surface area contributed by atoms with Gasteiger partial charge in [0.1, 0.15) is 0 Å². The van der Waals surface area contributed by atoms with Gasteiger partial charge < -0.3 is 0 Å². The molecule has 0 aliphatic rings. The third-order valence-corrected chi connectivity index (χ3v) is 3.22. The Bertz CT molecular complexity index is 207. The highest BCUT2D eigenvalue weighted by atomic mass is 19.4. The van der Waals surface area contributed by atoms with Crippen molar-refractivity contribution in [2.45, 2.75) is 90.1 Å². The van der Waals surface area contributed by atoms with Crippen LogP contribution >= 0.6 is 0 Å². The second-order valence-corrected chi connectivity index (χ2v) is 5.24. The van der Waals surface area contributed by atoms with Gasteiger partial charge in [-0.15, -0.1) is 0 Å². The highest BCUT2D eigenvalue weighted by molar-refractivity contribution is 4.81. The number of allylic oxidation sites excluding steroid dienone is 2. The first-order valence-electron chi connectivity index (χ1n) is 7.78. The second kappa shape index (κ2) is 12.6. The predicted octanol–water partition coefficient (Wildman–Crippen LogP) is 6.81. The van der Waals surface area contributed by atoms with Crippen LogP contribution in [0.1, 0.15) is 84.0 Å². The average Bonchev–Trinajstić information content (AvgIpc) is 2.34. The molecule has 0 aromatic rings. The molecule has 0 rings (SSSR count). The first kappa shape index (κ1) is 18.5. The van der Waals surface area contributed by atoms with E-state index in [4.69, 9.17) is 0 Å². The van der Waals surface area contributed by atoms with Crippen molar-refractivity contribution in [3.8, 4) is 0 Å². The van der Waals surface area contributed by atoms with Gasteiger partial charge in [0.15, 0.2) is 0 Å². The van der Waals surface area contributed by atoms with Crippen LogP contribution in [0.5, 0.6) is 0 Å². The Hall–Kier alpha value is -0.470. The van der Waals surface area contributed by atoms with Gasteiger partial charge in [-0.3, -0.25) is 0 Å². The summed E-state index contributed by atoms with van der Waals surface area (Å²) >= 11 is 0. The van der Waals surface area contributed by atoms with E-state index in [9.17, 15) is 13.2 Å². The smallest absolute Gasteiger partial charge is 0.171 e. The predicted molar refractivity (Wildman–Crippen MR) is 76.3 cm³/mol. The quantitative estimate of drug-likeness (QED) is 0.272. The molecule has 3 heteroatoms. The molecule has 0 fully saturated rings. The Morgan fingerprint density at radius 3 is 1.68 bits per heavy atom. The van der Waals surface area contributed by atoms with Crippen LogP contribution in [0.25, 0.3) is 0 Å². The van der Waals surface area contributed by atoms with Gasteiger partial charge in [0.25, 0.3) is 0 Å². The monoisotopic (exact) mass is 278 g/mol. The molecule has 0 aliphatic heterocycles. The molecule has 0 nitrogen and oxygen atoms in total. The van der Waals surface area contributed by atoms with E-state index in [0.29, 0.717) is 6.42 Å². The van der Waals surface area contributed by atoms with Crippen LogP contribution in [0.3, 0.4) is 0 Å². The molecule has 0 atom stereocenters. The van der Waals surface area contributed by atoms with Crippen LogP contribution in [-0.4, -0.2) is 6.18 Å². The van der Waals surface area contributed by atoms with Gasteiger partial charge in [0.05, 0.1) is 0 Å². The maximum Gasteiger partial charge on any atom is 0.389 e. The fourth-order valence-corrected chi connectivity index (χ4v) is 2.04. The molecule has 19 heavy (non-hydrogen) atoms. The maximum absolute atomic E-state index is 11.9. The summed E-state index contributed by atoms with van der Waals surface area (Å²) in [5.41, 5.74) is 0. The minimum atomic E-state index is -3.97. The second-order valence-electron chi connectivity index (χ2n) is 5.24. The van der Waals surface area contributed by atoms with E-state index in [0.717, 1.165) is 25.7 Å². The molecule has 0 radical (unpaired) electrons. The number of hydrogen-bond acceptors (Lipinski definition) is 0. The lowest BCUT2D eigenvalue weighted by Crippen LogP contribution is -2.06. The van der Waals surface area contributed by atoms with E-state index >= 15 is 0 Å². The Morgan fingerprint density at radius 1 is 0.684 bits per heavy atom. The first-order chi connectivity index (χ1) is 9.06. The molecule has 0 amide bonds. The van der Waals surface area contributed by atoms with Gasteiger partial charge in [-0.05, 0) is 32.1 Å². The molecule has 0 aliphatic carbocycles. The topological polar surface area (TPSA) is 0 Å². The SMILES string of the molecule is CCCCCC/C=C/CCCCCCCC(F)(F)F. The molecular weight excluding hydrogens is 249 g/mol. The summed E-state index contributed by atoms with van der Waals surface area (Å²) in [5, 5.41) is 0. The summed E-state index contributed by atoms with van der Waals surface area (Å²) in [6.45, 7) is 2.21. The normalized spacial score (nSPS) is 12.4. The number of rotatable bonds is 12. The number of alkyl halides is 3. The summed E-state index contributed by atoms with van der Waals surface area (Å²) in [6, 6.07) is 0. The lowest BCUT2D eigenvalue weighted by atomic mass is 10.1. The van der Waals surface area contributed by atoms with E-state index in [2.05, 4.69) is 19.1 Å². The van der Waals surface area contributed by atoms with E-state index in [1.54, 1.807) is 0 Å².